The van der Waals surface area contributed by atoms with E-state index in [-0.39, 0.29) is 23.7 Å². The van der Waals surface area contributed by atoms with Crippen molar-refractivity contribution in [3.8, 4) is 5.75 Å². The van der Waals surface area contributed by atoms with E-state index in [1.165, 1.54) is 5.56 Å². The molecule has 0 radical (unpaired) electrons. The van der Waals surface area contributed by atoms with Crippen LogP contribution in [0.4, 0.5) is 0 Å². The number of carboxylic acid groups (broad SMARTS) is 1. The molecule has 1 amide bonds. The van der Waals surface area contributed by atoms with Gasteiger partial charge in [0, 0.05) is 32.7 Å². The van der Waals surface area contributed by atoms with Crippen LogP contribution in [0.5, 0.6) is 5.75 Å². The lowest BCUT2D eigenvalue weighted by Crippen LogP contribution is -2.52. The Balaban J connectivity index is 1.35. The van der Waals surface area contributed by atoms with Gasteiger partial charge in [-0.1, -0.05) is 12.1 Å². The lowest BCUT2D eigenvalue weighted by molar-refractivity contribution is -0.153. The van der Waals surface area contributed by atoms with E-state index >= 15 is 0 Å². The summed E-state index contributed by atoms with van der Waals surface area (Å²) in [7, 11) is 1.67. The third-order valence-corrected chi connectivity index (χ3v) is 6.71. The third kappa shape index (κ3) is 3.55. The van der Waals surface area contributed by atoms with Gasteiger partial charge in [0.15, 0.2) is 0 Å². The van der Waals surface area contributed by atoms with Crippen molar-refractivity contribution in [2.24, 2.45) is 23.7 Å². The van der Waals surface area contributed by atoms with E-state index in [9.17, 15) is 14.7 Å². The van der Waals surface area contributed by atoms with E-state index in [1.54, 1.807) is 7.11 Å². The van der Waals surface area contributed by atoms with Crippen molar-refractivity contribution < 1.29 is 19.4 Å². The summed E-state index contributed by atoms with van der Waals surface area (Å²) >= 11 is 0. The van der Waals surface area contributed by atoms with E-state index in [0.717, 1.165) is 44.6 Å². The van der Waals surface area contributed by atoms with Crippen molar-refractivity contribution in [3.05, 3.63) is 29.8 Å². The first-order valence-electron chi connectivity index (χ1n) is 9.93. The summed E-state index contributed by atoms with van der Waals surface area (Å²) in [4.78, 5) is 29.0. The molecule has 1 N–H and O–H groups in total. The molecule has 6 nitrogen and oxygen atoms in total. The second-order valence-corrected chi connectivity index (χ2v) is 8.18. The van der Waals surface area contributed by atoms with Gasteiger partial charge in [0.2, 0.25) is 5.91 Å². The van der Waals surface area contributed by atoms with E-state index < -0.39 is 11.9 Å². The number of hydrogen-bond acceptors (Lipinski definition) is 4. The second-order valence-electron chi connectivity index (χ2n) is 8.18. The van der Waals surface area contributed by atoms with E-state index in [0.29, 0.717) is 13.1 Å². The number of carbonyl (C=O) groups is 2. The molecule has 1 saturated heterocycles. The normalized spacial score (nSPS) is 30.5. The summed E-state index contributed by atoms with van der Waals surface area (Å²) < 4.78 is 5.28. The number of carboxylic acids is 1. The highest BCUT2D eigenvalue weighted by atomic mass is 16.5. The predicted molar refractivity (Wildman–Crippen MR) is 100 cm³/mol. The molecule has 0 spiro atoms. The van der Waals surface area contributed by atoms with Crippen molar-refractivity contribution in [1.29, 1.82) is 0 Å². The second kappa shape index (κ2) is 7.50. The first-order chi connectivity index (χ1) is 13.1. The number of carbonyl (C=O) groups excluding carboxylic acids is 1. The summed E-state index contributed by atoms with van der Waals surface area (Å²) in [5, 5.41) is 9.61. The van der Waals surface area contributed by atoms with Crippen molar-refractivity contribution >= 4 is 11.9 Å². The van der Waals surface area contributed by atoms with Gasteiger partial charge < -0.3 is 14.7 Å². The average Bonchev–Trinajstić information content (AvgIpc) is 3.29. The number of benzene rings is 1. The first kappa shape index (κ1) is 18.3. The number of rotatable bonds is 5. The molecule has 2 saturated carbocycles. The third-order valence-electron chi connectivity index (χ3n) is 6.71. The Hall–Kier alpha value is -2.08. The Bertz CT molecular complexity index is 714. The maximum Gasteiger partial charge on any atom is 0.307 e. The molecule has 3 fully saturated rings. The first-order valence-corrected chi connectivity index (χ1v) is 9.93. The smallest absolute Gasteiger partial charge is 0.307 e. The summed E-state index contributed by atoms with van der Waals surface area (Å²) in [6.45, 7) is 3.85. The SMILES string of the molecule is COc1cccc(CN2CCN(C(=O)C3C4CCC(C4)C3C(=O)O)CC2)c1. The molecule has 1 aromatic rings. The Morgan fingerprint density at radius 3 is 2.48 bits per heavy atom. The Morgan fingerprint density at radius 2 is 1.81 bits per heavy atom. The largest absolute Gasteiger partial charge is 0.497 e. The molecular formula is C21H28N2O4. The molecule has 146 valence electrons. The number of amides is 1. The number of methoxy groups -OCH3 is 1. The van der Waals surface area contributed by atoms with Gasteiger partial charge in [-0.2, -0.15) is 0 Å². The predicted octanol–water partition coefficient (Wildman–Crippen LogP) is 2.09. The molecule has 0 aromatic heterocycles. The number of aliphatic carboxylic acids is 1. The van der Waals surface area contributed by atoms with Crippen molar-refractivity contribution in [3.63, 3.8) is 0 Å². The highest BCUT2D eigenvalue weighted by Gasteiger charge is 2.54. The molecule has 3 aliphatic rings. The molecule has 1 heterocycles. The molecule has 6 heteroatoms. The maximum absolute atomic E-state index is 13.1. The molecule has 2 aliphatic carbocycles. The van der Waals surface area contributed by atoms with Gasteiger partial charge in [-0.3, -0.25) is 14.5 Å². The lowest BCUT2D eigenvalue weighted by Gasteiger charge is -2.38. The Kier molecular flexibility index (Phi) is 5.08. The van der Waals surface area contributed by atoms with Crippen LogP contribution in [0.1, 0.15) is 24.8 Å². The topological polar surface area (TPSA) is 70.1 Å². The highest BCUT2D eigenvalue weighted by molar-refractivity contribution is 5.86. The Morgan fingerprint density at radius 1 is 1.11 bits per heavy atom. The number of nitrogens with zero attached hydrogens (tertiary/aromatic N) is 2. The summed E-state index contributed by atoms with van der Waals surface area (Å²) in [6.07, 6.45) is 2.91. The molecule has 2 bridgehead atoms. The number of fused-ring (bicyclic) bond motifs is 2. The summed E-state index contributed by atoms with van der Waals surface area (Å²) in [5.74, 6) is -0.128. The van der Waals surface area contributed by atoms with Gasteiger partial charge in [-0.15, -0.1) is 0 Å². The number of hydrogen-bond donors (Lipinski definition) is 1. The highest BCUT2D eigenvalue weighted by Crippen LogP contribution is 2.53. The molecular weight excluding hydrogens is 344 g/mol. The van der Waals surface area contributed by atoms with E-state index in [1.807, 2.05) is 23.1 Å². The standard InChI is InChI=1S/C21H28N2O4/c1-27-17-4-2-3-14(11-17)13-22-7-9-23(10-8-22)20(24)18-15-5-6-16(12-15)19(18)21(25)26/h2-4,11,15-16,18-19H,5-10,12-13H2,1H3,(H,25,26). The van der Waals surface area contributed by atoms with Crippen LogP contribution in [0.2, 0.25) is 0 Å². The number of ether oxygens (including phenoxy) is 1. The van der Waals surface area contributed by atoms with Gasteiger partial charge in [-0.25, -0.2) is 0 Å². The van der Waals surface area contributed by atoms with Crippen LogP contribution in [0, 0.1) is 23.7 Å². The minimum Gasteiger partial charge on any atom is -0.497 e. The molecule has 4 rings (SSSR count). The fraction of sp³-hybridized carbons (Fsp3) is 0.619. The van der Waals surface area contributed by atoms with E-state index in [4.69, 9.17) is 4.74 Å². The van der Waals surface area contributed by atoms with Crippen LogP contribution in [0.3, 0.4) is 0 Å². The zero-order chi connectivity index (χ0) is 19.0. The quantitative estimate of drug-likeness (QED) is 0.857. The minimum absolute atomic E-state index is 0.0793. The van der Waals surface area contributed by atoms with Crippen LogP contribution in [0.25, 0.3) is 0 Å². The molecule has 1 aromatic carbocycles. The lowest BCUT2D eigenvalue weighted by atomic mass is 9.78. The Labute approximate surface area is 160 Å². The van der Waals surface area contributed by atoms with Gasteiger partial charge in [-0.05, 0) is 48.8 Å². The van der Waals surface area contributed by atoms with Gasteiger partial charge in [0.1, 0.15) is 5.75 Å². The molecule has 27 heavy (non-hydrogen) atoms. The number of piperazine rings is 1. The summed E-state index contributed by atoms with van der Waals surface area (Å²) in [5.41, 5.74) is 1.20. The zero-order valence-corrected chi connectivity index (χ0v) is 15.8. The van der Waals surface area contributed by atoms with Crippen LogP contribution in [-0.4, -0.2) is 60.1 Å². The van der Waals surface area contributed by atoms with Crippen LogP contribution in [0.15, 0.2) is 24.3 Å². The van der Waals surface area contributed by atoms with E-state index in [2.05, 4.69) is 11.0 Å². The fourth-order valence-electron chi connectivity index (χ4n) is 5.37. The zero-order valence-electron chi connectivity index (χ0n) is 15.8. The molecule has 1 aliphatic heterocycles. The van der Waals surface area contributed by atoms with Crippen LogP contribution >= 0.6 is 0 Å². The molecule has 4 atom stereocenters. The van der Waals surface area contributed by atoms with Gasteiger partial charge in [0.05, 0.1) is 18.9 Å². The van der Waals surface area contributed by atoms with Crippen molar-refractivity contribution in [2.75, 3.05) is 33.3 Å². The summed E-state index contributed by atoms with van der Waals surface area (Å²) in [6, 6.07) is 8.07. The van der Waals surface area contributed by atoms with Crippen molar-refractivity contribution in [2.45, 2.75) is 25.8 Å². The monoisotopic (exact) mass is 372 g/mol. The van der Waals surface area contributed by atoms with Crippen LogP contribution in [-0.2, 0) is 16.1 Å². The van der Waals surface area contributed by atoms with Crippen LogP contribution < -0.4 is 4.74 Å². The maximum atomic E-state index is 13.1. The average molecular weight is 372 g/mol. The minimum atomic E-state index is -0.780. The van der Waals surface area contributed by atoms with Crippen molar-refractivity contribution in [1.82, 2.24) is 9.80 Å². The molecule has 4 unspecified atom stereocenters. The van der Waals surface area contributed by atoms with Gasteiger partial charge >= 0.3 is 5.97 Å². The van der Waals surface area contributed by atoms with Gasteiger partial charge in [0.25, 0.3) is 0 Å². The fourth-order valence-corrected chi connectivity index (χ4v) is 5.37.